The molecule has 6 heteroatoms. The first-order chi connectivity index (χ1) is 8.97. The number of hydrogen-bond donors (Lipinski definition) is 2. The van der Waals surface area contributed by atoms with Gasteiger partial charge in [0.15, 0.2) is 0 Å². The van der Waals surface area contributed by atoms with Crippen molar-refractivity contribution in [1.82, 2.24) is 5.32 Å². The molecule has 2 aromatic heterocycles. The number of amides is 1. The van der Waals surface area contributed by atoms with Crippen molar-refractivity contribution in [3.63, 3.8) is 0 Å². The van der Waals surface area contributed by atoms with Crippen LogP contribution in [0.3, 0.4) is 0 Å². The van der Waals surface area contributed by atoms with Gasteiger partial charge in [0.05, 0.1) is 4.88 Å². The Labute approximate surface area is 119 Å². The smallest absolute Gasteiger partial charge is 0.326 e. The van der Waals surface area contributed by atoms with Gasteiger partial charge in [-0.05, 0) is 29.9 Å². The van der Waals surface area contributed by atoms with Crippen molar-refractivity contribution < 1.29 is 14.7 Å². The summed E-state index contributed by atoms with van der Waals surface area (Å²) in [6, 6.07) is 2.95. The van der Waals surface area contributed by atoms with Crippen molar-refractivity contribution >= 4 is 43.9 Å². The molecule has 0 aliphatic rings. The Kier molecular flexibility index (Phi) is 4.21. The molecule has 0 saturated heterocycles. The highest BCUT2D eigenvalue weighted by Gasteiger charge is 2.22. The van der Waals surface area contributed by atoms with Gasteiger partial charge in [-0.15, -0.1) is 22.7 Å². The zero-order valence-electron chi connectivity index (χ0n) is 10.7. The van der Waals surface area contributed by atoms with Crippen molar-refractivity contribution in [3.05, 3.63) is 22.4 Å². The molecule has 0 aromatic carbocycles. The molecule has 0 aliphatic carbocycles. The molecule has 1 amide bonds. The minimum Gasteiger partial charge on any atom is -0.480 e. The molecular weight excluding hydrogens is 282 g/mol. The number of carbonyl (C=O) groups is 2. The average Bonchev–Trinajstić information content (AvgIpc) is 2.86. The van der Waals surface area contributed by atoms with Gasteiger partial charge in [-0.2, -0.15) is 0 Å². The van der Waals surface area contributed by atoms with Gasteiger partial charge in [0, 0.05) is 9.40 Å². The highest BCUT2D eigenvalue weighted by atomic mass is 32.1. The first kappa shape index (κ1) is 14.0. The average molecular weight is 297 g/mol. The van der Waals surface area contributed by atoms with Crippen LogP contribution in [0.1, 0.15) is 29.9 Å². The summed E-state index contributed by atoms with van der Waals surface area (Å²) in [7, 11) is 0. The van der Waals surface area contributed by atoms with Crippen molar-refractivity contribution in [1.29, 1.82) is 0 Å². The molecule has 0 saturated carbocycles. The number of carboxylic acids is 1. The summed E-state index contributed by atoms with van der Waals surface area (Å²) in [5, 5.41) is 13.7. The lowest BCUT2D eigenvalue weighted by Gasteiger charge is -2.15. The van der Waals surface area contributed by atoms with E-state index in [1.165, 1.54) is 11.3 Å². The summed E-state index contributed by atoms with van der Waals surface area (Å²) < 4.78 is 2.12. The van der Waals surface area contributed by atoms with E-state index in [0.717, 1.165) is 9.40 Å². The van der Waals surface area contributed by atoms with Crippen LogP contribution in [0, 0.1) is 5.92 Å². The molecule has 0 radical (unpaired) electrons. The second kappa shape index (κ2) is 5.71. The lowest BCUT2D eigenvalue weighted by Crippen LogP contribution is -2.41. The monoisotopic (exact) mass is 297 g/mol. The molecule has 0 unspecified atom stereocenters. The Hall–Kier alpha value is -1.40. The Bertz CT molecular complexity index is 571. The summed E-state index contributed by atoms with van der Waals surface area (Å²) in [6.07, 6.45) is 0.431. The maximum absolute atomic E-state index is 12.0. The van der Waals surface area contributed by atoms with Gasteiger partial charge in [-0.1, -0.05) is 13.8 Å². The Morgan fingerprint density at radius 1 is 1.37 bits per heavy atom. The molecule has 0 spiro atoms. The Balaban J connectivity index is 2.10. The Morgan fingerprint density at radius 2 is 2.11 bits per heavy atom. The van der Waals surface area contributed by atoms with Crippen LogP contribution in [-0.2, 0) is 4.79 Å². The summed E-state index contributed by atoms with van der Waals surface area (Å²) in [6.45, 7) is 3.87. The first-order valence-corrected chi connectivity index (χ1v) is 7.67. The van der Waals surface area contributed by atoms with Gasteiger partial charge >= 0.3 is 5.97 Å². The molecule has 2 rings (SSSR count). The number of carboxylic acid groups (broad SMARTS) is 1. The molecule has 4 nitrogen and oxygen atoms in total. The summed E-state index contributed by atoms with van der Waals surface area (Å²) >= 11 is 2.97. The molecule has 2 heterocycles. The largest absolute Gasteiger partial charge is 0.480 e. The van der Waals surface area contributed by atoms with E-state index in [1.54, 1.807) is 11.3 Å². The van der Waals surface area contributed by atoms with E-state index < -0.39 is 12.0 Å². The van der Waals surface area contributed by atoms with Gasteiger partial charge in [0.2, 0.25) is 0 Å². The minimum atomic E-state index is -0.986. The third-order valence-corrected chi connectivity index (χ3v) is 4.77. The molecule has 0 aliphatic heterocycles. The predicted octanol–water partition coefficient (Wildman–Crippen LogP) is 3.19. The van der Waals surface area contributed by atoms with Crippen LogP contribution in [-0.4, -0.2) is 23.0 Å². The van der Waals surface area contributed by atoms with Crippen molar-refractivity contribution in [2.45, 2.75) is 26.3 Å². The second-order valence-corrected chi connectivity index (χ2v) is 6.79. The normalized spacial score (nSPS) is 12.8. The van der Waals surface area contributed by atoms with Crippen LogP contribution in [0.25, 0.3) is 9.40 Å². The van der Waals surface area contributed by atoms with E-state index in [1.807, 2.05) is 31.4 Å². The third-order valence-electron chi connectivity index (χ3n) is 2.67. The lowest BCUT2D eigenvalue weighted by atomic mass is 10.0. The maximum Gasteiger partial charge on any atom is 0.326 e. The standard InChI is InChI=1S/C13H15NO3S2/c1-7(2)5-8(13(16)17)14-12(15)11-6-10-9(19-11)3-4-18-10/h3-4,6-8H,5H2,1-2H3,(H,14,15)(H,16,17)/t8-/m0/s1. The molecular formula is C13H15NO3S2. The van der Waals surface area contributed by atoms with Gasteiger partial charge < -0.3 is 10.4 Å². The fourth-order valence-electron chi connectivity index (χ4n) is 1.80. The van der Waals surface area contributed by atoms with E-state index in [2.05, 4.69) is 5.32 Å². The highest BCUT2D eigenvalue weighted by molar-refractivity contribution is 7.27. The number of fused-ring (bicyclic) bond motifs is 1. The molecule has 2 N–H and O–H groups in total. The quantitative estimate of drug-likeness (QED) is 0.890. The van der Waals surface area contributed by atoms with E-state index in [-0.39, 0.29) is 11.8 Å². The highest BCUT2D eigenvalue weighted by Crippen LogP contribution is 2.29. The molecule has 19 heavy (non-hydrogen) atoms. The number of aliphatic carboxylic acids is 1. The fraction of sp³-hybridized carbons (Fsp3) is 0.385. The van der Waals surface area contributed by atoms with Crippen LogP contribution >= 0.6 is 22.7 Å². The molecule has 1 atom stereocenters. The first-order valence-electron chi connectivity index (χ1n) is 5.98. The zero-order chi connectivity index (χ0) is 14.0. The summed E-state index contributed by atoms with van der Waals surface area (Å²) in [5.41, 5.74) is 0. The SMILES string of the molecule is CC(C)C[C@H](NC(=O)c1cc2sccc2s1)C(=O)O. The minimum absolute atomic E-state index is 0.216. The zero-order valence-corrected chi connectivity index (χ0v) is 12.3. The second-order valence-electron chi connectivity index (χ2n) is 4.75. The van der Waals surface area contributed by atoms with E-state index >= 15 is 0 Å². The Morgan fingerprint density at radius 3 is 2.68 bits per heavy atom. The summed E-state index contributed by atoms with van der Waals surface area (Å²) in [5.74, 6) is -1.07. The van der Waals surface area contributed by atoms with Crippen molar-refractivity contribution in [2.75, 3.05) is 0 Å². The van der Waals surface area contributed by atoms with Gasteiger partial charge in [0.1, 0.15) is 6.04 Å². The van der Waals surface area contributed by atoms with Crippen LogP contribution in [0.5, 0.6) is 0 Å². The van der Waals surface area contributed by atoms with Gasteiger partial charge in [-0.3, -0.25) is 4.79 Å². The van der Waals surface area contributed by atoms with E-state index in [0.29, 0.717) is 11.3 Å². The maximum atomic E-state index is 12.0. The number of carbonyl (C=O) groups excluding carboxylic acids is 1. The molecule has 0 fully saturated rings. The van der Waals surface area contributed by atoms with Crippen molar-refractivity contribution in [3.8, 4) is 0 Å². The van der Waals surface area contributed by atoms with Crippen LogP contribution in [0.4, 0.5) is 0 Å². The van der Waals surface area contributed by atoms with Crippen LogP contribution in [0.15, 0.2) is 17.5 Å². The summed E-state index contributed by atoms with van der Waals surface area (Å²) in [4.78, 5) is 23.7. The van der Waals surface area contributed by atoms with E-state index in [9.17, 15) is 9.59 Å². The van der Waals surface area contributed by atoms with Gasteiger partial charge in [0.25, 0.3) is 5.91 Å². The number of thiophene rings is 2. The molecule has 2 aromatic rings. The third kappa shape index (κ3) is 3.33. The van der Waals surface area contributed by atoms with Crippen molar-refractivity contribution in [2.24, 2.45) is 5.92 Å². The van der Waals surface area contributed by atoms with Crippen LogP contribution < -0.4 is 5.32 Å². The number of nitrogens with one attached hydrogen (secondary N) is 1. The topological polar surface area (TPSA) is 66.4 Å². The van der Waals surface area contributed by atoms with E-state index in [4.69, 9.17) is 5.11 Å². The van der Waals surface area contributed by atoms with Gasteiger partial charge in [-0.25, -0.2) is 4.79 Å². The predicted molar refractivity (Wildman–Crippen MR) is 78.0 cm³/mol. The van der Waals surface area contributed by atoms with Crippen LogP contribution in [0.2, 0.25) is 0 Å². The lowest BCUT2D eigenvalue weighted by molar-refractivity contribution is -0.139. The molecule has 0 bridgehead atoms. The number of rotatable bonds is 5. The number of hydrogen-bond acceptors (Lipinski definition) is 4. The molecule has 102 valence electrons. The fourth-order valence-corrected chi connectivity index (χ4v) is 3.81.